The molecule has 1 aromatic carbocycles. The highest BCUT2D eigenvalue weighted by atomic mass is 79.9. The molecule has 0 spiro atoms. The molecule has 1 aromatic heterocycles. The van der Waals surface area contributed by atoms with Crippen molar-refractivity contribution in [3.05, 3.63) is 62.5 Å². The Labute approximate surface area is 108 Å². The highest BCUT2D eigenvalue weighted by Crippen LogP contribution is 2.13. The maximum Gasteiger partial charge on any atom is 0.253 e. The van der Waals surface area contributed by atoms with Crippen LogP contribution in [0.2, 0.25) is 0 Å². The second kappa shape index (κ2) is 4.75. The predicted octanol–water partition coefficient (Wildman–Crippen LogP) is 2.55. The Kier molecular flexibility index (Phi) is 3.33. The van der Waals surface area contributed by atoms with Crippen LogP contribution in [0.4, 0.5) is 5.69 Å². The van der Waals surface area contributed by atoms with Gasteiger partial charge in [0, 0.05) is 21.9 Å². The fraction of sp³-hybridized carbons (Fsp3) is 0.154. The molecule has 0 aliphatic carbocycles. The number of anilines is 1. The Morgan fingerprint density at radius 2 is 2.06 bits per heavy atom. The van der Waals surface area contributed by atoms with E-state index in [0.29, 0.717) is 17.8 Å². The molecule has 2 N–H and O–H groups in total. The standard InChI is InChI=1S/C13H13BrN2O/c1-9-6-11(14)8-16(13(9)17)7-10-4-2-3-5-12(10)15/h2-6,8H,7,15H2,1H3. The molecule has 0 saturated carbocycles. The molecule has 0 amide bonds. The summed E-state index contributed by atoms with van der Waals surface area (Å²) in [4.78, 5) is 11.9. The fourth-order valence-electron chi connectivity index (χ4n) is 1.72. The number of benzene rings is 1. The maximum absolute atomic E-state index is 11.9. The van der Waals surface area contributed by atoms with Gasteiger partial charge in [-0.1, -0.05) is 18.2 Å². The molecular formula is C13H13BrN2O. The maximum atomic E-state index is 11.9. The number of nitrogens with two attached hydrogens (primary N) is 1. The predicted molar refractivity (Wildman–Crippen MR) is 73.1 cm³/mol. The molecule has 0 fully saturated rings. The number of halogens is 1. The summed E-state index contributed by atoms with van der Waals surface area (Å²) in [7, 11) is 0. The molecule has 0 saturated heterocycles. The first kappa shape index (κ1) is 11.9. The van der Waals surface area contributed by atoms with Crippen molar-refractivity contribution in [3.8, 4) is 0 Å². The number of hydrogen-bond donors (Lipinski definition) is 1. The van der Waals surface area contributed by atoms with Crippen molar-refractivity contribution >= 4 is 21.6 Å². The largest absolute Gasteiger partial charge is 0.398 e. The van der Waals surface area contributed by atoms with Crippen LogP contribution >= 0.6 is 15.9 Å². The minimum Gasteiger partial charge on any atom is -0.398 e. The summed E-state index contributed by atoms with van der Waals surface area (Å²) in [6, 6.07) is 9.38. The summed E-state index contributed by atoms with van der Waals surface area (Å²) in [6.07, 6.45) is 1.78. The highest BCUT2D eigenvalue weighted by molar-refractivity contribution is 9.10. The van der Waals surface area contributed by atoms with E-state index >= 15 is 0 Å². The number of para-hydroxylation sites is 1. The van der Waals surface area contributed by atoms with Gasteiger partial charge in [0.25, 0.3) is 5.56 Å². The summed E-state index contributed by atoms with van der Waals surface area (Å²) in [6.45, 7) is 2.30. The van der Waals surface area contributed by atoms with Crippen LogP contribution in [0.25, 0.3) is 0 Å². The van der Waals surface area contributed by atoms with Gasteiger partial charge in [-0.05, 0) is 40.5 Å². The van der Waals surface area contributed by atoms with Crippen LogP contribution in [-0.4, -0.2) is 4.57 Å². The molecule has 2 aromatic rings. The molecule has 0 atom stereocenters. The number of pyridine rings is 1. The molecule has 0 bridgehead atoms. The lowest BCUT2D eigenvalue weighted by Gasteiger charge is -2.09. The normalized spacial score (nSPS) is 10.5. The third-order valence-corrected chi connectivity index (χ3v) is 3.06. The summed E-state index contributed by atoms with van der Waals surface area (Å²) in [5, 5.41) is 0. The molecule has 0 aliphatic heterocycles. The first-order valence-corrected chi connectivity index (χ1v) is 6.07. The van der Waals surface area contributed by atoms with E-state index in [-0.39, 0.29) is 5.56 Å². The molecule has 88 valence electrons. The fourth-order valence-corrected chi connectivity index (χ4v) is 2.31. The van der Waals surface area contributed by atoms with Crippen molar-refractivity contribution in [2.75, 3.05) is 5.73 Å². The lowest BCUT2D eigenvalue weighted by molar-refractivity contribution is 0.751. The van der Waals surface area contributed by atoms with Gasteiger partial charge in [0.15, 0.2) is 0 Å². The van der Waals surface area contributed by atoms with Crippen molar-refractivity contribution in [2.24, 2.45) is 0 Å². The number of nitrogen functional groups attached to an aromatic ring is 1. The Morgan fingerprint density at radius 1 is 1.35 bits per heavy atom. The summed E-state index contributed by atoms with van der Waals surface area (Å²) in [5.74, 6) is 0. The molecule has 17 heavy (non-hydrogen) atoms. The van der Waals surface area contributed by atoms with Crippen LogP contribution in [0.3, 0.4) is 0 Å². The third-order valence-electron chi connectivity index (χ3n) is 2.63. The third kappa shape index (κ3) is 2.58. The Bertz CT molecular complexity index is 605. The van der Waals surface area contributed by atoms with Gasteiger partial charge in [-0.2, -0.15) is 0 Å². The molecule has 0 radical (unpaired) electrons. The lowest BCUT2D eigenvalue weighted by atomic mass is 10.2. The van der Waals surface area contributed by atoms with Gasteiger partial charge in [-0.25, -0.2) is 0 Å². The van der Waals surface area contributed by atoms with Crippen LogP contribution in [-0.2, 0) is 6.54 Å². The molecule has 3 nitrogen and oxygen atoms in total. The molecular weight excluding hydrogens is 280 g/mol. The number of aromatic nitrogens is 1. The molecule has 2 rings (SSSR count). The smallest absolute Gasteiger partial charge is 0.253 e. The van der Waals surface area contributed by atoms with Crippen LogP contribution in [0.5, 0.6) is 0 Å². The van der Waals surface area contributed by atoms with Gasteiger partial charge in [0.05, 0.1) is 6.54 Å². The van der Waals surface area contributed by atoms with Crippen LogP contribution in [0.1, 0.15) is 11.1 Å². The number of rotatable bonds is 2. The van der Waals surface area contributed by atoms with Gasteiger partial charge in [0.2, 0.25) is 0 Å². The van der Waals surface area contributed by atoms with E-state index in [4.69, 9.17) is 5.73 Å². The quantitative estimate of drug-likeness (QED) is 0.865. The SMILES string of the molecule is Cc1cc(Br)cn(Cc2ccccc2N)c1=O. The second-order valence-corrected chi connectivity index (χ2v) is 4.89. The Morgan fingerprint density at radius 3 is 2.76 bits per heavy atom. The van der Waals surface area contributed by atoms with Crippen LogP contribution in [0, 0.1) is 6.92 Å². The average molecular weight is 293 g/mol. The second-order valence-electron chi connectivity index (χ2n) is 3.97. The van der Waals surface area contributed by atoms with E-state index in [1.165, 1.54) is 0 Å². The zero-order valence-electron chi connectivity index (χ0n) is 9.48. The zero-order chi connectivity index (χ0) is 12.4. The zero-order valence-corrected chi connectivity index (χ0v) is 11.1. The minimum atomic E-state index is 0.0106. The van der Waals surface area contributed by atoms with Crippen molar-refractivity contribution in [1.29, 1.82) is 0 Å². The van der Waals surface area contributed by atoms with Crippen molar-refractivity contribution in [3.63, 3.8) is 0 Å². The molecule has 4 heteroatoms. The van der Waals surface area contributed by atoms with Gasteiger partial charge in [0.1, 0.15) is 0 Å². The van der Waals surface area contributed by atoms with E-state index in [1.54, 1.807) is 17.7 Å². The van der Waals surface area contributed by atoms with Gasteiger partial charge in [-0.3, -0.25) is 4.79 Å². The van der Waals surface area contributed by atoms with Crippen LogP contribution < -0.4 is 11.3 Å². The van der Waals surface area contributed by atoms with Gasteiger partial charge in [-0.15, -0.1) is 0 Å². The van der Waals surface area contributed by atoms with Gasteiger partial charge < -0.3 is 10.3 Å². The topological polar surface area (TPSA) is 48.0 Å². The first-order valence-electron chi connectivity index (χ1n) is 5.28. The number of hydrogen-bond acceptors (Lipinski definition) is 2. The first-order chi connectivity index (χ1) is 8.08. The van der Waals surface area contributed by atoms with E-state index < -0.39 is 0 Å². The highest BCUT2D eigenvalue weighted by Gasteiger charge is 2.04. The van der Waals surface area contributed by atoms with Gasteiger partial charge >= 0.3 is 0 Å². The van der Waals surface area contributed by atoms with E-state index in [9.17, 15) is 4.79 Å². The Balaban J connectivity index is 2.44. The van der Waals surface area contributed by atoms with Crippen LogP contribution in [0.15, 0.2) is 45.8 Å². The Hall–Kier alpha value is -1.55. The summed E-state index contributed by atoms with van der Waals surface area (Å²) >= 11 is 3.39. The molecule has 0 unspecified atom stereocenters. The summed E-state index contributed by atoms with van der Waals surface area (Å²) in [5.41, 5.74) is 8.25. The van der Waals surface area contributed by atoms with E-state index in [1.807, 2.05) is 30.3 Å². The molecule has 0 aliphatic rings. The average Bonchev–Trinajstić information content (AvgIpc) is 2.28. The number of nitrogens with zero attached hydrogens (tertiary/aromatic N) is 1. The van der Waals surface area contributed by atoms with Crippen molar-refractivity contribution < 1.29 is 0 Å². The monoisotopic (exact) mass is 292 g/mol. The lowest BCUT2D eigenvalue weighted by Crippen LogP contribution is -2.22. The summed E-state index contributed by atoms with van der Waals surface area (Å²) < 4.78 is 2.55. The number of aryl methyl sites for hydroxylation is 1. The molecule has 1 heterocycles. The van der Waals surface area contributed by atoms with Crippen molar-refractivity contribution in [2.45, 2.75) is 13.5 Å². The van der Waals surface area contributed by atoms with Crippen molar-refractivity contribution in [1.82, 2.24) is 4.57 Å². The van der Waals surface area contributed by atoms with E-state index in [0.717, 1.165) is 10.0 Å². The minimum absolute atomic E-state index is 0.0106. The van der Waals surface area contributed by atoms with E-state index in [2.05, 4.69) is 15.9 Å².